The summed E-state index contributed by atoms with van der Waals surface area (Å²) in [6, 6.07) is 5.28. The predicted octanol–water partition coefficient (Wildman–Crippen LogP) is 4.30. The van der Waals surface area contributed by atoms with Gasteiger partial charge in [0.1, 0.15) is 17.7 Å². The Morgan fingerprint density at radius 2 is 1.91 bits per heavy atom. The van der Waals surface area contributed by atoms with Crippen LogP contribution in [0.2, 0.25) is 0 Å². The minimum absolute atomic E-state index is 0.00565. The first-order chi connectivity index (χ1) is 17.0. The van der Waals surface area contributed by atoms with Crippen LogP contribution >= 0.6 is 0 Å². The Labute approximate surface area is 203 Å². The summed E-state index contributed by atoms with van der Waals surface area (Å²) in [6.07, 6.45) is 12.0. The monoisotopic (exact) mass is 475 g/mol. The summed E-state index contributed by atoms with van der Waals surface area (Å²) in [4.78, 5) is 22.5. The van der Waals surface area contributed by atoms with Crippen LogP contribution in [0.3, 0.4) is 0 Å². The second-order valence-electron chi connectivity index (χ2n) is 10.8. The third-order valence-electron chi connectivity index (χ3n) is 8.75. The Kier molecular flexibility index (Phi) is 4.88. The normalized spacial score (nSPS) is 26.2. The van der Waals surface area contributed by atoms with Gasteiger partial charge in [-0.25, -0.2) is 13.9 Å². The average Bonchev–Trinajstić information content (AvgIpc) is 3.40. The molecule has 35 heavy (non-hydrogen) atoms. The van der Waals surface area contributed by atoms with Gasteiger partial charge in [-0.3, -0.25) is 4.79 Å². The molecule has 3 aromatic rings. The van der Waals surface area contributed by atoms with Gasteiger partial charge < -0.3 is 14.5 Å². The molecule has 0 radical (unpaired) electrons. The Balaban J connectivity index is 1.11. The second kappa shape index (κ2) is 8.01. The molecule has 2 saturated heterocycles. The largest absolute Gasteiger partial charge is 0.489 e. The molecule has 2 aromatic heterocycles. The second-order valence-corrected chi connectivity index (χ2v) is 10.8. The maximum Gasteiger partial charge on any atom is 0.258 e. The first-order valence-electron chi connectivity index (χ1n) is 12.9. The minimum Gasteiger partial charge on any atom is -0.489 e. The van der Waals surface area contributed by atoms with Crippen LogP contribution < -0.4 is 4.74 Å². The van der Waals surface area contributed by atoms with Gasteiger partial charge in [-0.05, 0) is 69.2 Å². The maximum absolute atomic E-state index is 14.2. The van der Waals surface area contributed by atoms with Crippen molar-refractivity contribution >= 4 is 11.6 Å². The summed E-state index contributed by atoms with van der Waals surface area (Å²) in [6.45, 7) is 0.869. The molecular weight excluding hydrogens is 445 g/mol. The smallest absolute Gasteiger partial charge is 0.258 e. The number of nitrogens with zero attached hydrogens (tertiary/aromatic N) is 5. The van der Waals surface area contributed by atoms with Crippen LogP contribution in [0.1, 0.15) is 78.0 Å². The van der Waals surface area contributed by atoms with E-state index in [-0.39, 0.29) is 17.8 Å². The number of amides is 1. The van der Waals surface area contributed by atoms with Gasteiger partial charge in [-0.15, -0.1) is 0 Å². The van der Waals surface area contributed by atoms with E-state index in [1.54, 1.807) is 11.0 Å². The molecule has 1 saturated carbocycles. The van der Waals surface area contributed by atoms with Gasteiger partial charge >= 0.3 is 0 Å². The van der Waals surface area contributed by atoms with Crippen LogP contribution in [0.4, 0.5) is 4.39 Å². The van der Waals surface area contributed by atoms with Crippen molar-refractivity contribution in [1.82, 2.24) is 24.4 Å². The van der Waals surface area contributed by atoms with Crippen LogP contribution in [-0.4, -0.2) is 55.5 Å². The SMILES string of the molecule is CN1[C@@H]2CC[C@H]1C[C@@H](Oc1cc(F)ccc1C(=O)N1Cc3nn4cc(C5CCC5)cnc4c3C1)C2. The fourth-order valence-electron chi connectivity index (χ4n) is 6.43. The molecule has 8 heteroatoms. The zero-order valence-electron chi connectivity index (χ0n) is 20.0. The van der Waals surface area contributed by atoms with Crippen LogP contribution in [0, 0.1) is 5.82 Å². The van der Waals surface area contributed by atoms with E-state index in [2.05, 4.69) is 18.1 Å². The summed E-state index contributed by atoms with van der Waals surface area (Å²) in [5.74, 6) is 0.408. The quantitative estimate of drug-likeness (QED) is 0.563. The van der Waals surface area contributed by atoms with Crippen LogP contribution in [0.15, 0.2) is 30.6 Å². The summed E-state index contributed by atoms with van der Waals surface area (Å²) in [5.41, 5.74) is 4.35. The van der Waals surface area contributed by atoms with Crippen LogP contribution in [0.5, 0.6) is 5.75 Å². The number of ether oxygens (including phenoxy) is 1. The Bertz CT molecular complexity index is 1300. The zero-order valence-corrected chi connectivity index (χ0v) is 20.0. The molecule has 2 bridgehead atoms. The van der Waals surface area contributed by atoms with Crippen molar-refractivity contribution in [2.75, 3.05) is 7.05 Å². The van der Waals surface area contributed by atoms with Crippen molar-refractivity contribution in [3.63, 3.8) is 0 Å². The predicted molar refractivity (Wildman–Crippen MR) is 128 cm³/mol. The molecular formula is C27H30FN5O2. The van der Waals surface area contributed by atoms with Gasteiger partial charge in [-0.1, -0.05) is 6.42 Å². The lowest BCUT2D eigenvalue weighted by atomic mass is 9.81. The van der Waals surface area contributed by atoms with E-state index in [1.165, 1.54) is 49.8 Å². The molecule has 0 N–H and O–H groups in total. The highest BCUT2D eigenvalue weighted by Crippen LogP contribution is 2.38. The van der Waals surface area contributed by atoms with Crippen molar-refractivity contribution in [1.29, 1.82) is 0 Å². The van der Waals surface area contributed by atoms with Gasteiger partial charge in [0.15, 0.2) is 5.65 Å². The van der Waals surface area contributed by atoms with Crippen molar-refractivity contribution in [2.24, 2.45) is 0 Å². The number of aromatic nitrogens is 3. The lowest BCUT2D eigenvalue weighted by molar-refractivity contribution is 0.0622. The van der Waals surface area contributed by atoms with Crippen molar-refractivity contribution in [2.45, 2.75) is 82.1 Å². The maximum atomic E-state index is 14.2. The number of rotatable bonds is 4. The van der Waals surface area contributed by atoms with Crippen molar-refractivity contribution in [3.8, 4) is 5.75 Å². The molecule has 1 aromatic carbocycles. The zero-order chi connectivity index (χ0) is 23.7. The number of fused-ring (bicyclic) bond motifs is 5. The van der Waals surface area contributed by atoms with Crippen molar-refractivity contribution in [3.05, 3.63) is 58.8 Å². The third-order valence-corrected chi connectivity index (χ3v) is 8.75. The van der Waals surface area contributed by atoms with Gasteiger partial charge in [0, 0.05) is 36.1 Å². The fraction of sp³-hybridized carbons (Fsp3) is 0.519. The van der Waals surface area contributed by atoms with Crippen LogP contribution in [-0.2, 0) is 13.1 Å². The first-order valence-corrected chi connectivity index (χ1v) is 12.9. The molecule has 4 aliphatic rings. The highest BCUT2D eigenvalue weighted by molar-refractivity contribution is 5.97. The Morgan fingerprint density at radius 1 is 1.11 bits per heavy atom. The lowest BCUT2D eigenvalue weighted by Crippen LogP contribution is -2.44. The van der Waals surface area contributed by atoms with Crippen LogP contribution in [0.25, 0.3) is 5.65 Å². The van der Waals surface area contributed by atoms with Crippen molar-refractivity contribution < 1.29 is 13.9 Å². The molecule has 3 atom stereocenters. The number of halogens is 1. The Hall–Kier alpha value is -3.00. The standard InChI is InChI=1S/C27H30FN5O2/c1-31-19-6-7-20(31)11-21(10-19)35-25-9-18(28)5-8-22(25)27(34)32-14-23-24(15-32)30-33-13-17(12-29-26(23)33)16-3-2-4-16/h5,8-9,12-13,16,19-21H,2-4,6-7,10-11,14-15H2,1H3/t19-,20+,21+. The van der Waals surface area contributed by atoms with Gasteiger partial charge in [0.2, 0.25) is 0 Å². The molecule has 7 rings (SSSR count). The molecule has 0 unspecified atom stereocenters. The number of benzene rings is 1. The fourth-order valence-corrected chi connectivity index (χ4v) is 6.43. The highest BCUT2D eigenvalue weighted by atomic mass is 19.1. The molecule has 182 valence electrons. The molecule has 5 heterocycles. The summed E-state index contributed by atoms with van der Waals surface area (Å²) in [5, 5.41) is 4.75. The van der Waals surface area contributed by atoms with E-state index >= 15 is 0 Å². The van der Waals surface area contributed by atoms with Gasteiger partial charge in [0.25, 0.3) is 5.91 Å². The molecule has 3 fully saturated rings. The van der Waals surface area contributed by atoms with E-state index in [0.29, 0.717) is 42.4 Å². The number of piperidine rings is 1. The number of hydrogen-bond acceptors (Lipinski definition) is 5. The molecule has 7 nitrogen and oxygen atoms in total. The van der Waals surface area contributed by atoms with E-state index in [1.807, 2.05) is 10.7 Å². The van der Waals surface area contributed by atoms with E-state index in [4.69, 9.17) is 14.8 Å². The molecule has 1 amide bonds. The van der Waals surface area contributed by atoms with Gasteiger partial charge in [0.05, 0.1) is 24.3 Å². The third kappa shape index (κ3) is 3.53. The molecule has 3 aliphatic heterocycles. The summed E-state index contributed by atoms with van der Waals surface area (Å²) >= 11 is 0. The molecule has 1 aliphatic carbocycles. The Morgan fingerprint density at radius 3 is 2.66 bits per heavy atom. The minimum atomic E-state index is -0.388. The summed E-state index contributed by atoms with van der Waals surface area (Å²) < 4.78 is 22.4. The number of hydrogen-bond donors (Lipinski definition) is 0. The van der Waals surface area contributed by atoms with E-state index < -0.39 is 0 Å². The van der Waals surface area contributed by atoms with E-state index in [9.17, 15) is 9.18 Å². The number of carbonyl (C=O) groups excluding carboxylic acids is 1. The number of carbonyl (C=O) groups is 1. The highest BCUT2D eigenvalue weighted by Gasteiger charge is 2.40. The topological polar surface area (TPSA) is 63.0 Å². The lowest BCUT2D eigenvalue weighted by Gasteiger charge is -2.36. The van der Waals surface area contributed by atoms with Gasteiger partial charge in [-0.2, -0.15) is 5.10 Å². The van der Waals surface area contributed by atoms with E-state index in [0.717, 1.165) is 29.7 Å². The average molecular weight is 476 g/mol. The molecule has 0 spiro atoms. The first kappa shape index (κ1) is 21.3. The summed E-state index contributed by atoms with van der Waals surface area (Å²) in [7, 11) is 2.18.